The summed E-state index contributed by atoms with van der Waals surface area (Å²) in [7, 11) is -3.29. The maximum atomic E-state index is 12.6. The monoisotopic (exact) mass is 490 g/mol. The van der Waals surface area contributed by atoms with Gasteiger partial charge in [0.1, 0.15) is 0 Å². The normalized spacial score (nSPS) is 20.0. The van der Waals surface area contributed by atoms with E-state index < -0.39 is 16.3 Å². The molecule has 0 aromatic carbocycles. The van der Waals surface area contributed by atoms with Crippen molar-refractivity contribution < 1.29 is 18.3 Å². The summed E-state index contributed by atoms with van der Waals surface area (Å²) >= 11 is 0. The van der Waals surface area contributed by atoms with E-state index in [2.05, 4.69) is 30.8 Å². The molecule has 1 aliphatic rings. The minimum absolute atomic E-state index is 0.116. The van der Waals surface area contributed by atoms with E-state index in [4.69, 9.17) is 4.74 Å². The molecule has 3 atom stereocenters. The Morgan fingerprint density at radius 1 is 0.879 bits per heavy atom. The predicted octanol–water partition coefficient (Wildman–Crippen LogP) is 5.50. The van der Waals surface area contributed by atoms with E-state index in [0.29, 0.717) is 19.1 Å². The van der Waals surface area contributed by atoms with Crippen LogP contribution >= 0.6 is 0 Å². The van der Waals surface area contributed by atoms with Crippen molar-refractivity contribution >= 4 is 10.0 Å². The van der Waals surface area contributed by atoms with E-state index in [1.54, 1.807) is 0 Å². The molecule has 0 aromatic heterocycles. The van der Waals surface area contributed by atoms with Gasteiger partial charge in [0.2, 0.25) is 10.0 Å². The summed E-state index contributed by atoms with van der Waals surface area (Å²) in [6.45, 7) is 7.52. The Labute approximate surface area is 205 Å². The van der Waals surface area contributed by atoms with Gasteiger partial charge >= 0.3 is 0 Å². The standard InChI is InChI=1S/C26H54N2O4S/c1-4-5-6-7-8-9-10-11-12-13-14-15-16-17-20-33(30,31)28-24(21-23(2)3)22-27-25-18-19-32-26(25)29/h23-29H,4-22H2,1-3H3/t24-,25+,26?/m1/s1. The van der Waals surface area contributed by atoms with Crippen LogP contribution in [-0.2, 0) is 14.8 Å². The summed E-state index contributed by atoms with van der Waals surface area (Å²) in [5, 5.41) is 13.1. The third-order valence-electron chi connectivity index (χ3n) is 6.56. The Morgan fingerprint density at radius 2 is 1.39 bits per heavy atom. The van der Waals surface area contributed by atoms with Crippen LogP contribution in [0.15, 0.2) is 0 Å². The molecular formula is C26H54N2O4S. The zero-order chi connectivity index (χ0) is 24.4. The zero-order valence-corrected chi connectivity index (χ0v) is 22.6. The quantitative estimate of drug-likeness (QED) is 0.174. The van der Waals surface area contributed by atoms with Crippen molar-refractivity contribution in [1.29, 1.82) is 0 Å². The summed E-state index contributed by atoms with van der Waals surface area (Å²) in [5.41, 5.74) is 0. The van der Waals surface area contributed by atoms with E-state index in [9.17, 15) is 13.5 Å². The number of nitrogens with one attached hydrogen (secondary N) is 2. The van der Waals surface area contributed by atoms with Crippen LogP contribution in [0.2, 0.25) is 0 Å². The Morgan fingerprint density at radius 3 is 1.85 bits per heavy atom. The smallest absolute Gasteiger partial charge is 0.211 e. The molecule has 0 aliphatic carbocycles. The van der Waals surface area contributed by atoms with Crippen LogP contribution in [0, 0.1) is 5.92 Å². The highest BCUT2D eigenvalue weighted by Crippen LogP contribution is 2.14. The zero-order valence-electron chi connectivity index (χ0n) is 21.8. The van der Waals surface area contributed by atoms with Crippen LogP contribution in [0.3, 0.4) is 0 Å². The van der Waals surface area contributed by atoms with Gasteiger partial charge < -0.3 is 15.2 Å². The van der Waals surface area contributed by atoms with E-state index in [0.717, 1.165) is 32.1 Å². The Bertz CT molecular complexity index is 556. The molecule has 3 N–H and O–H groups in total. The molecule has 7 heteroatoms. The number of hydrogen-bond acceptors (Lipinski definition) is 5. The van der Waals surface area contributed by atoms with Crippen LogP contribution < -0.4 is 10.0 Å². The molecule has 1 aliphatic heterocycles. The average molecular weight is 491 g/mol. The van der Waals surface area contributed by atoms with E-state index >= 15 is 0 Å². The highest BCUT2D eigenvalue weighted by atomic mass is 32.2. The van der Waals surface area contributed by atoms with Crippen molar-refractivity contribution in [2.24, 2.45) is 5.92 Å². The second-order valence-corrected chi connectivity index (χ2v) is 12.3. The lowest BCUT2D eigenvalue weighted by Gasteiger charge is -2.24. The second kappa shape index (κ2) is 19.0. The van der Waals surface area contributed by atoms with Gasteiger partial charge in [-0.15, -0.1) is 0 Å². The predicted molar refractivity (Wildman–Crippen MR) is 139 cm³/mol. The van der Waals surface area contributed by atoms with Gasteiger partial charge in [0.15, 0.2) is 6.29 Å². The first kappa shape index (κ1) is 30.8. The maximum absolute atomic E-state index is 12.6. The topological polar surface area (TPSA) is 87.7 Å². The number of sulfonamides is 1. The van der Waals surface area contributed by atoms with Gasteiger partial charge in [-0.2, -0.15) is 0 Å². The van der Waals surface area contributed by atoms with Crippen LogP contribution in [0.4, 0.5) is 0 Å². The number of ether oxygens (including phenoxy) is 1. The molecule has 0 spiro atoms. The number of hydrogen-bond donors (Lipinski definition) is 3. The van der Waals surface area contributed by atoms with Crippen LogP contribution in [0.25, 0.3) is 0 Å². The van der Waals surface area contributed by atoms with Crippen LogP contribution in [0.5, 0.6) is 0 Å². The minimum atomic E-state index is -3.29. The summed E-state index contributed by atoms with van der Waals surface area (Å²) < 4.78 is 33.2. The molecule has 198 valence electrons. The molecule has 1 unspecified atom stereocenters. The molecule has 0 bridgehead atoms. The molecule has 0 saturated carbocycles. The molecule has 0 radical (unpaired) electrons. The first-order valence-electron chi connectivity index (χ1n) is 13.9. The Balaban J connectivity index is 2.08. The molecule has 0 aromatic rings. The summed E-state index contributed by atoms with van der Waals surface area (Å²) in [6.07, 6.45) is 18.4. The minimum Gasteiger partial charge on any atom is -0.367 e. The lowest BCUT2D eigenvalue weighted by Crippen LogP contribution is -2.47. The van der Waals surface area contributed by atoms with E-state index in [1.165, 1.54) is 70.6 Å². The largest absolute Gasteiger partial charge is 0.367 e. The highest BCUT2D eigenvalue weighted by molar-refractivity contribution is 7.89. The van der Waals surface area contributed by atoms with Crippen molar-refractivity contribution in [3.63, 3.8) is 0 Å². The van der Waals surface area contributed by atoms with Crippen molar-refractivity contribution in [2.75, 3.05) is 18.9 Å². The first-order valence-corrected chi connectivity index (χ1v) is 15.5. The van der Waals surface area contributed by atoms with Crippen molar-refractivity contribution in [3.8, 4) is 0 Å². The Hall–Kier alpha value is -0.210. The summed E-state index contributed by atoms with van der Waals surface area (Å²) in [5.74, 6) is 0.597. The first-order chi connectivity index (χ1) is 15.8. The number of aliphatic hydroxyl groups excluding tert-OH is 1. The van der Waals surface area contributed by atoms with Crippen molar-refractivity contribution in [1.82, 2.24) is 10.0 Å². The Kier molecular flexibility index (Phi) is 17.8. The summed E-state index contributed by atoms with van der Waals surface area (Å²) in [6, 6.07) is -0.274. The van der Waals surface area contributed by atoms with E-state index in [-0.39, 0.29) is 17.8 Å². The highest BCUT2D eigenvalue weighted by Gasteiger charge is 2.27. The lowest BCUT2D eigenvalue weighted by atomic mass is 10.0. The van der Waals surface area contributed by atoms with Gasteiger partial charge in [0.25, 0.3) is 0 Å². The fourth-order valence-corrected chi connectivity index (χ4v) is 6.00. The fraction of sp³-hybridized carbons (Fsp3) is 1.00. The van der Waals surface area contributed by atoms with Crippen molar-refractivity contribution in [3.05, 3.63) is 0 Å². The molecule has 0 amide bonds. The van der Waals surface area contributed by atoms with Crippen molar-refractivity contribution in [2.45, 2.75) is 142 Å². The third kappa shape index (κ3) is 17.0. The van der Waals surface area contributed by atoms with Gasteiger partial charge in [0.05, 0.1) is 18.4 Å². The molecule has 1 rings (SSSR count). The molecule has 1 saturated heterocycles. The van der Waals surface area contributed by atoms with Gasteiger partial charge in [-0.3, -0.25) is 0 Å². The number of aliphatic hydroxyl groups is 1. The van der Waals surface area contributed by atoms with Gasteiger partial charge in [0, 0.05) is 12.6 Å². The maximum Gasteiger partial charge on any atom is 0.211 e. The molecule has 33 heavy (non-hydrogen) atoms. The molecule has 6 nitrogen and oxygen atoms in total. The van der Waals surface area contributed by atoms with Gasteiger partial charge in [-0.1, -0.05) is 104 Å². The molecule has 1 fully saturated rings. The fourth-order valence-electron chi connectivity index (χ4n) is 4.61. The average Bonchev–Trinajstić information content (AvgIpc) is 3.16. The second-order valence-electron chi connectivity index (χ2n) is 10.4. The van der Waals surface area contributed by atoms with Gasteiger partial charge in [-0.25, -0.2) is 13.1 Å². The third-order valence-corrected chi connectivity index (χ3v) is 8.08. The van der Waals surface area contributed by atoms with Crippen LogP contribution in [0.1, 0.15) is 124 Å². The summed E-state index contributed by atoms with van der Waals surface area (Å²) in [4.78, 5) is 0. The lowest BCUT2D eigenvalue weighted by molar-refractivity contribution is -0.0718. The number of rotatable bonds is 22. The van der Waals surface area contributed by atoms with E-state index in [1.807, 2.05) is 0 Å². The molecule has 1 heterocycles. The molecular weight excluding hydrogens is 436 g/mol. The van der Waals surface area contributed by atoms with Crippen LogP contribution in [-0.4, -0.2) is 50.8 Å². The van der Waals surface area contributed by atoms with Gasteiger partial charge in [-0.05, 0) is 25.2 Å². The SMILES string of the molecule is CCCCCCCCCCCCCCCCS(=O)(=O)N[C@@H](CN[C@H]1CCOC1O)CC(C)C. The number of unbranched alkanes of at least 4 members (excludes halogenated alkanes) is 13.